The van der Waals surface area contributed by atoms with Crippen molar-refractivity contribution in [3.05, 3.63) is 71.8 Å². The second kappa shape index (κ2) is 8.51. The van der Waals surface area contributed by atoms with E-state index in [0.29, 0.717) is 6.04 Å². The molecular formula is C23H33NOSi. The van der Waals surface area contributed by atoms with E-state index in [0.717, 1.165) is 13.0 Å². The summed E-state index contributed by atoms with van der Waals surface area (Å²) in [6.45, 7) is 8.12. The third-order valence-corrected chi connectivity index (χ3v) is 7.96. The van der Waals surface area contributed by atoms with Gasteiger partial charge in [0, 0.05) is 6.04 Å². The summed E-state index contributed by atoms with van der Waals surface area (Å²) in [4.78, 5) is 0. The zero-order valence-corrected chi connectivity index (χ0v) is 17.5. The van der Waals surface area contributed by atoms with Gasteiger partial charge in [0.2, 0.25) is 0 Å². The predicted octanol–water partition coefficient (Wildman–Crippen LogP) is 5.70. The molecule has 3 rings (SSSR count). The molecule has 2 nitrogen and oxygen atoms in total. The van der Waals surface area contributed by atoms with Gasteiger partial charge in [-0.15, -0.1) is 0 Å². The Labute approximate surface area is 160 Å². The molecule has 26 heavy (non-hydrogen) atoms. The average molecular weight is 368 g/mol. The third-order valence-electron chi connectivity index (χ3n) is 5.53. The van der Waals surface area contributed by atoms with E-state index in [2.05, 4.69) is 86.0 Å². The lowest BCUT2D eigenvalue weighted by Gasteiger charge is -2.45. The highest BCUT2D eigenvalue weighted by Gasteiger charge is 2.47. The van der Waals surface area contributed by atoms with Crippen LogP contribution in [0.3, 0.4) is 0 Å². The van der Waals surface area contributed by atoms with Crippen molar-refractivity contribution in [1.29, 1.82) is 0 Å². The number of nitrogens with one attached hydrogen (secondary N) is 1. The predicted molar refractivity (Wildman–Crippen MR) is 113 cm³/mol. The van der Waals surface area contributed by atoms with E-state index in [1.165, 1.54) is 36.4 Å². The molecule has 0 saturated carbocycles. The Bertz CT molecular complexity index is 626. The Morgan fingerprint density at radius 1 is 1.00 bits per heavy atom. The van der Waals surface area contributed by atoms with E-state index in [1.54, 1.807) is 0 Å². The zero-order valence-electron chi connectivity index (χ0n) is 16.5. The average Bonchev–Trinajstić information content (AvgIpc) is 3.21. The van der Waals surface area contributed by atoms with Gasteiger partial charge in [-0.2, -0.15) is 0 Å². The first kappa shape index (κ1) is 19.3. The van der Waals surface area contributed by atoms with Crippen LogP contribution >= 0.6 is 0 Å². The topological polar surface area (TPSA) is 21.3 Å². The van der Waals surface area contributed by atoms with Crippen LogP contribution in [-0.2, 0) is 10.0 Å². The second-order valence-electron chi connectivity index (χ2n) is 8.08. The van der Waals surface area contributed by atoms with Crippen molar-refractivity contribution in [2.75, 3.05) is 6.54 Å². The minimum atomic E-state index is -1.83. The molecule has 1 aliphatic rings. The van der Waals surface area contributed by atoms with Gasteiger partial charge in [0.25, 0.3) is 0 Å². The van der Waals surface area contributed by atoms with Gasteiger partial charge in [-0.25, -0.2) is 0 Å². The van der Waals surface area contributed by atoms with Crippen LogP contribution in [0, 0.1) is 0 Å². The van der Waals surface area contributed by atoms with Gasteiger partial charge in [-0.3, -0.25) is 0 Å². The summed E-state index contributed by atoms with van der Waals surface area (Å²) in [7, 11) is -1.83. The highest BCUT2D eigenvalue weighted by atomic mass is 28.4. The van der Waals surface area contributed by atoms with Crippen LogP contribution in [-0.4, -0.2) is 20.9 Å². The molecule has 0 spiro atoms. The highest BCUT2D eigenvalue weighted by molar-refractivity contribution is 6.71. The summed E-state index contributed by atoms with van der Waals surface area (Å²) in [5, 5.41) is 3.77. The van der Waals surface area contributed by atoms with Crippen molar-refractivity contribution in [1.82, 2.24) is 5.32 Å². The van der Waals surface area contributed by atoms with Crippen LogP contribution in [0.15, 0.2) is 60.7 Å². The summed E-state index contributed by atoms with van der Waals surface area (Å²) < 4.78 is 7.26. The molecule has 1 atom stereocenters. The van der Waals surface area contributed by atoms with Crippen molar-refractivity contribution >= 4 is 8.32 Å². The van der Waals surface area contributed by atoms with E-state index < -0.39 is 13.9 Å². The van der Waals surface area contributed by atoms with Crippen molar-refractivity contribution in [3.63, 3.8) is 0 Å². The molecule has 1 fully saturated rings. The fourth-order valence-electron chi connectivity index (χ4n) is 4.25. The Balaban J connectivity index is 2.12. The molecular weight excluding hydrogens is 334 g/mol. The van der Waals surface area contributed by atoms with Gasteiger partial charge in [-0.05, 0) is 49.7 Å². The molecule has 0 radical (unpaired) electrons. The standard InChI is InChI=1S/C23H33NOSi/c1-4-5-19-26(2,3)25-23(22-17-12-18-24-22,20-13-8-6-9-14-20)21-15-10-7-11-16-21/h6-11,13-16,22,24H,4-5,12,17-19H2,1-3H3/t22-/m1/s1. The molecule has 2 aromatic carbocycles. The third kappa shape index (κ3) is 4.11. The quantitative estimate of drug-likeness (QED) is 0.604. The van der Waals surface area contributed by atoms with Crippen LogP contribution in [0.1, 0.15) is 43.7 Å². The van der Waals surface area contributed by atoms with Crippen LogP contribution in [0.4, 0.5) is 0 Å². The smallest absolute Gasteiger partial charge is 0.188 e. The minimum Gasteiger partial charge on any atom is -0.402 e. The van der Waals surface area contributed by atoms with Crippen molar-refractivity contribution in [3.8, 4) is 0 Å². The molecule has 2 aromatic rings. The maximum absolute atomic E-state index is 7.26. The van der Waals surface area contributed by atoms with Gasteiger partial charge in [-0.1, -0.05) is 80.4 Å². The van der Waals surface area contributed by atoms with Crippen molar-refractivity contribution in [2.45, 2.75) is 63.4 Å². The second-order valence-corrected chi connectivity index (χ2v) is 12.3. The van der Waals surface area contributed by atoms with E-state index >= 15 is 0 Å². The first-order valence-electron chi connectivity index (χ1n) is 10.1. The lowest BCUT2D eigenvalue weighted by Crippen LogP contribution is -2.53. The van der Waals surface area contributed by atoms with Crippen LogP contribution < -0.4 is 5.32 Å². The van der Waals surface area contributed by atoms with Gasteiger partial charge in [0.15, 0.2) is 8.32 Å². The number of hydrogen-bond donors (Lipinski definition) is 1. The van der Waals surface area contributed by atoms with Gasteiger partial charge in [0.05, 0.1) is 0 Å². The Morgan fingerprint density at radius 3 is 2.04 bits per heavy atom. The zero-order chi connectivity index (χ0) is 18.5. The number of benzene rings is 2. The summed E-state index contributed by atoms with van der Waals surface area (Å²) in [5.74, 6) is 0. The lowest BCUT2D eigenvalue weighted by molar-refractivity contribution is 0.0619. The number of hydrogen-bond acceptors (Lipinski definition) is 2. The summed E-state index contributed by atoms with van der Waals surface area (Å²) >= 11 is 0. The van der Waals surface area contributed by atoms with E-state index in [9.17, 15) is 0 Å². The Kier molecular flexibility index (Phi) is 6.33. The maximum atomic E-state index is 7.26. The molecule has 0 aliphatic carbocycles. The Morgan fingerprint density at radius 2 is 1.58 bits per heavy atom. The first-order chi connectivity index (χ1) is 12.6. The van der Waals surface area contributed by atoms with E-state index in [1.807, 2.05) is 0 Å². The highest BCUT2D eigenvalue weighted by Crippen LogP contribution is 2.43. The lowest BCUT2D eigenvalue weighted by atomic mass is 9.79. The number of unbranched alkanes of at least 4 members (excludes halogenated alkanes) is 1. The van der Waals surface area contributed by atoms with Crippen LogP contribution in [0.25, 0.3) is 0 Å². The van der Waals surface area contributed by atoms with E-state index in [-0.39, 0.29) is 0 Å². The first-order valence-corrected chi connectivity index (χ1v) is 13.2. The van der Waals surface area contributed by atoms with Gasteiger partial charge >= 0.3 is 0 Å². The SMILES string of the molecule is CCCC[Si](C)(C)OC(c1ccccc1)(c1ccccc1)[C@H]1CCCN1. The monoisotopic (exact) mass is 367 g/mol. The van der Waals surface area contributed by atoms with Gasteiger partial charge < -0.3 is 9.74 Å². The molecule has 140 valence electrons. The largest absolute Gasteiger partial charge is 0.402 e. The number of rotatable bonds is 8. The minimum absolute atomic E-state index is 0.320. The molecule has 0 unspecified atom stereocenters. The molecule has 0 amide bonds. The van der Waals surface area contributed by atoms with Crippen molar-refractivity contribution < 1.29 is 4.43 Å². The molecule has 1 aliphatic heterocycles. The van der Waals surface area contributed by atoms with Gasteiger partial charge in [0.1, 0.15) is 5.60 Å². The summed E-state index contributed by atoms with van der Waals surface area (Å²) in [6.07, 6.45) is 4.84. The summed E-state index contributed by atoms with van der Waals surface area (Å²) in [5.41, 5.74) is 2.16. The Hall–Kier alpha value is -1.42. The molecule has 1 N–H and O–H groups in total. The fraction of sp³-hybridized carbons (Fsp3) is 0.478. The van der Waals surface area contributed by atoms with Crippen LogP contribution in [0.2, 0.25) is 19.1 Å². The molecule has 1 saturated heterocycles. The molecule has 1 heterocycles. The molecule has 0 aromatic heterocycles. The fourth-order valence-corrected chi connectivity index (χ4v) is 6.81. The molecule has 0 bridgehead atoms. The maximum Gasteiger partial charge on any atom is 0.188 e. The molecule has 3 heteroatoms. The summed E-state index contributed by atoms with van der Waals surface area (Å²) in [6, 6.07) is 23.3. The normalized spacial score (nSPS) is 18.2. The van der Waals surface area contributed by atoms with E-state index in [4.69, 9.17) is 4.43 Å². The van der Waals surface area contributed by atoms with Crippen molar-refractivity contribution in [2.24, 2.45) is 0 Å². The van der Waals surface area contributed by atoms with Crippen LogP contribution in [0.5, 0.6) is 0 Å².